The molecule has 5 nitrogen and oxygen atoms in total. The van der Waals surface area contributed by atoms with Crippen LogP contribution in [0.5, 0.6) is 0 Å². The van der Waals surface area contributed by atoms with Crippen LogP contribution in [-0.2, 0) is 11.3 Å². The van der Waals surface area contributed by atoms with Crippen LogP contribution in [0.2, 0.25) is 5.02 Å². The summed E-state index contributed by atoms with van der Waals surface area (Å²) in [6.45, 7) is 0.202. The minimum Gasteiger partial charge on any atom is -0.467 e. The average molecular weight is 353 g/mol. The number of hydrogen-bond donors (Lipinski definition) is 1. The van der Waals surface area contributed by atoms with Gasteiger partial charge in [-0.1, -0.05) is 23.7 Å². The minimum absolute atomic E-state index is 0.0633. The first-order valence-corrected chi connectivity index (χ1v) is 7.82. The second kappa shape index (κ2) is 7.56. The summed E-state index contributed by atoms with van der Waals surface area (Å²) in [5.74, 6) is 1.05. The van der Waals surface area contributed by atoms with Gasteiger partial charge in [0.2, 0.25) is 0 Å². The van der Waals surface area contributed by atoms with Crippen molar-refractivity contribution in [1.82, 2.24) is 5.32 Å². The summed E-state index contributed by atoms with van der Waals surface area (Å²) in [6.07, 6.45) is 2.90. The summed E-state index contributed by atoms with van der Waals surface area (Å²) in [6, 6.07) is 16.0. The molecule has 0 saturated heterocycles. The number of halogens is 1. The van der Waals surface area contributed by atoms with Crippen LogP contribution >= 0.6 is 11.6 Å². The number of nitrogens with zero attached hydrogens (tertiary/aromatic N) is 1. The van der Waals surface area contributed by atoms with Gasteiger partial charge in [0.05, 0.1) is 17.8 Å². The molecule has 124 valence electrons. The molecule has 0 spiro atoms. The number of carbonyl (C=O) groups is 1. The molecule has 6 heteroatoms. The molecule has 3 aromatic rings. The van der Waals surface area contributed by atoms with Gasteiger partial charge >= 0.3 is 0 Å². The van der Waals surface area contributed by atoms with Gasteiger partial charge in [-0.3, -0.25) is 4.79 Å². The summed E-state index contributed by atoms with van der Waals surface area (Å²) in [7, 11) is 0. The normalized spacial score (nSPS) is 11.1. The molecule has 2 heterocycles. The molecule has 0 fully saturated rings. The molecular weight excluding hydrogens is 340 g/mol. The quantitative estimate of drug-likeness (QED) is 0.544. The Hall–Kier alpha value is -3.23. The fraction of sp³-hybridized carbons (Fsp3) is 0.0526. The van der Waals surface area contributed by atoms with E-state index in [0.717, 1.165) is 5.56 Å². The minimum atomic E-state index is -0.505. The van der Waals surface area contributed by atoms with E-state index in [1.807, 2.05) is 24.3 Å². The van der Waals surface area contributed by atoms with Gasteiger partial charge < -0.3 is 14.2 Å². The molecular formula is C19H13ClN2O3. The van der Waals surface area contributed by atoms with Gasteiger partial charge in [-0.2, -0.15) is 5.26 Å². The third kappa shape index (κ3) is 4.00. The molecule has 0 saturated carbocycles. The van der Waals surface area contributed by atoms with E-state index in [9.17, 15) is 10.1 Å². The summed E-state index contributed by atoms with van der Waals surface area (Å²) in [5, 5.41) is 12.4. The number of nitrogens with one attached hydrogen (secondary N) is 1. The van der Waals surface area contributed by atoms with Crippen molar-refractivity contribution >= 4 is 23.6 Å². The van der Waals surface area contributed by atoms with E-state index in [1.54, 1.807) is 30.3 Å². The van der Waals surface area contributed by atoms with Crippen molar-refractivity contribution in [1.29, 1.82) is 5.26 Å². The lowest BCUT2D eigenvalue weighted by molar-refractivity contribution is -0.117. The summed E-state index contributed by atoms with van der Waals surface area (Å²) in [4.78, 5) is 12.1. The van der Waals surface area contributed by atoms with Crippen LogP contribution in [0.4, 0.5) is 0 Å². The SMILES string of the molecule is N#CC(=Cc1ccc(-c2ccccc2Cl)o1)C(=O)NCc1ccco1. The Bertz CT molecular complexity index is 949. The van der Waals surface area contributed by atoms with Crippen molar-refractivity contribution in [3.05, 3.63) is 76.9 Å². The third-order valence-corrected chi connectivity index (χ3v) is 3.75. The maximum absolute atomic E-state index is 12.1. The van der Waals surface area contributed by atoms with Crippen molar-refractivity contribution in [2.24, 2.45) is 0 Å². The average Bonchev–Trinajstić information content (AvgIpc) is 3.30. The molecule has 1 N–H and O–H groups in total. The van der Waals surface area contributed by atoms with E-state index in [0.29, 0.717) is 22.3 Å². The number of rotatable bonds is 5. The van der Waals surface area contributed by atoms with Gasteiger partial charge in [0.25, 0.3) is 5.91 Å². The van der Waals surface area contributed by atoms with Crippen LogP contribution < -0.4 is 5.32 Å². The molecule has 2 aromatic heterocycles. The van der Waals surface area contributed by atoms with E-state index >= 15 is 0 Å². The summed E-state index contributed by atoms with van der Waals surface area (Å²) < 4.78 is 10.8. The van der Waals surface area contributed by atoms with Gasteiger partial charge in [0.15, 0.2) is 0 Å². The van der Waals surface area contributed by atoms with Crippen molar-refractivity contribution in [3.8, 4) is 17.4 Å². The van der Waals surface area contributed by atoms with E-state index in [-0.39, 0.29) is 12.1 Å². The highest BCUT2D eigenvalue weighted by Crippen LogP contribution is 2.29. The van der Waals surface area contributed by atoms with Crippen molar-refractivity contribution < 1.29 is 13.6 Å². The number of furan rings is 2. The van der Waals surface area contributed by atoms with Crippen LogP contribution in [0.25, 0.3) is 17.4 Å². The highest BCUT2D eigenvalue weighted by molar-refractivity contribution is 6.33. The fourth-order valence-corrected chi connectivity index (χ4v) is 2.43. The third-order valence-electron chi connectivity index (χ3n) is 3.42. The maximum Gasteiger partial charge on any atom is 0.262 e. The van der Waals surface area contributed by atoms with Crippen molar-refractivity contribution in [2.75, 3.05) is 0 Å². The highest BCUT2D eigenvalue weighted by Gasteiger charge is 2.12. The van der Waals surface area contributed by atoms with E-state index < -0.39 is 5.91 Å². The fourth-order valence-electron chi connectivity index (χ4n) is 2.20. The van der Waals surface area contributed by atoms with Crippen LogP contribution in [0, 0.1) is 11.3 Å². The van der Waals surface area contributed by atoms with Crippen molar-refractivity contribution in [3.63, 3.8) is 0 Å². The zero-order valence-corrected chi connectivity index (χ0v) is 13.8. The summed E-state index contributed by atoms with van der Waals surface area (Å²) >= 11 is 6.14. The monoisotopic (exact) mass is 352 g/mol. The molecule has 0 unspecified atom stereocenters. The Balaban J connectivity index is 1.75. The van der Waals surface area contributed by atoms with Gasteiger partial charge in [0.1, 0.15) is 28.9 Å². The topological polar surface area (TPSA) is 79.2 Å². The van der Waals surface area contributed by atoms with Crippen LogP contribution in [0.15, 0.2) is 69.2 Å². The molecule has 3 rings (SSSR count). The number of carbonyl (C=O) groups excluding carboxylic acids is 1. The number of benzene rings is 1. The zero-order chi connectivity index (χ0) is 17.6. The molecule has 1 aromatic carbocycles. The first kappa shape index (κ1) is 16.6. The Morgan fingerprint density at radius 3 is 2.76 bits per heavy atom. The van der Waals surface area contributed by atoms with Gasteiger partial charge in [-0.15, -0.1) is 0 Å². The molecule has 0 atom stereocenters. The Kier molecular flexibility index (Phi) is 5.03. The molecule has 0 bridgehead atoms. The Morgan fingerprint density at radius 2 is 2.04 bits per heavy atom. The van der Waals surface area contributed by atoms with Gasteiger partial charge in [-0.05, 0) is 36.4 Å². The lowest BCUT2D eigenvalue weighted by atomic mass is 10.2. The van der Waals surface area contributed by atoms with Crippen LogP contribution in [0.1, 0.15) is 11.5 Å². The predicted molar refractivity (Wildman–Crippen MR) is 93.3 cm³/mol. The highest BCUT2D eigenvalue weighted by atomic mass is 35.5. The first-order valence-electron chi connectivity index (χ1n) is 7.44. The maximum atomic E-state index is 12.1. The van der Waals surface area contributed by atoms with E-state index in [1.165, 1.54) is 12.3 Å². The lowest BCUT2D eigenvalue weighted by Gasteiger charge is -2.01. The Labute approximate surface area is 149 Å². The number of nitriles is 1. The molecule has 1 amide bonds. The van der Waals surface area contributed by atoms with Crippen molar-refractivity contribution in [2.45, 2.75) is 6.54 Å². The molecule has 25 heavy (non-hydrogen) atoms. The Morgan fingerprint density at radius 1 is 1.20 bits per heavy atom. The summed E-state index contributed by atoms with van der Waals surface area (Å²) in [5.41, 5.74) is 0.677. The van der Waals surface area contributed by atoms with Crippen LogP contribution in [0.3, 0.4) is 0 Å². The van der Waals surface area contributed by atoms with Gasteiger partial charge in [-0.25, -0.2) is 0 Å². The van der Waals surface area contributed by atoms with Crippen LogP contribution in [-0.4, -0.2) is 5.91 Å². The molecule has 0 radical (unpaired) electrons. The predicted octanol–water partition coefficient (Wildman–Crippen LogP) is 4.42. The van der Waals surface area contributed by atoms with E-state index in [2.05, 4.69) is 5.32 Å². The molecule has 0 aliphatic rings. The van der Waals surface area contributed by atoms with Gasteiger partial charge in [0, 0.05) is 11.6 Å². The standard InChI is InChI=1S/C19H13ClN2O3/c20-17-6-2-1-5-16(17)18-8-7-14(25-18)10-13(11-21)19(23)22-12-15-4-3-9-24-15/h1-10H,12H2,(H,22,23). The van der Waals surface area contributed by atoms with E-state index in [4.69, 9.17) is 20.4 Å². The molecule has 0 aliphatic heterocycles. The smallest absolute Gasteiger partial charge is 0.262 e. The second-order valence-corrected chi connectivity index (χ2v) is 5.52. The largest absolute Gasteiger partial charge is 0.467 e. The first-order chi connectivity index (χ1) is 12.2. The number of hydrogen-bond acceptors (Lipinski definition) is 4. The lowest BCUT2D eigenvalue weighted by Crippen LogP contribution is -2.23. The zero-order valence-electron chi connectivity index (χ0n) is 13.0. The second-order valence-electron chi connectivity index (χ2n) is 5.11. The number of amides is 1. The molecule has 0 aliphatic carbocycles.